The molecule has 0 saturated heterocycles. The number of anilines is 1. The fourth-order valence-electron chi connectivity index (χ4n) is 2.47. The number of halogens is 1. The molecule has 0 heterocycles. The summed E-state index contributed by atoms with van der Waals surface area (Å²) >= 11 is 3.45. The second kappa shape index (κ2) is 8.88. The van der Waals surface area contributed by atoms with E-state index in [1.165, 1.54) is 0 Å². The Morgan fingerprint density at radius 1 is 1.08 bits per heavy atom. The number of hydrogen-bond acceptors (Lipinski definition) is 2. The lowest BCUT2D eigenvalue weighted by Gasteiger charge is -2.21. The lowest BCUT2D eigenvalue weighted by atomic mass is 9.98. The number of ether oxygens (including phenoxy) is 1. The standard InChI is InChI=1S/C20H24BrNO2/c1-4-14(3)15-10-6-9-13-19(15)24-18(5-2)20(23)22-17-12-8-7-11-16(17)21/h6-14,18H,4-5H2,1-3H3,(H,22,23). The molecular formula is C20H24BrNO2. The Kier molecular flexibility index (Phi) is 6.85. The van der Waals surface area contributed by atoms with Gasteiger partial charge in [0.05, 0.1) is 5.69 Å². The Morgan fingerprint density at radius 3 is 2.42 bits per heavy atom. The molecular weight excluding hydrogens is 366 g/mol. The molecule has 0 aliphatic carbocycles. The first-order valence-electron chi connectivity index (χ1n) is 8.37. The van der Waals surface area contributed by atoms with E-state index in [1.807, 2.05) is 49.4 Å². The number of rotatable bonds is 7. The van der Waals surface area contributed by atoms with Crippen LogP contribution in [0.25, 0.3) is 0 Å². The third kappa shape index (κ3) is 4.60. The molecule has 0 aromatic heterocycles. The van der Waals surface area contributed by atoms with Gasteiger partial charge in [-0.05, 0) is 58.5 Å². The van der Waals surface area contributed by atoms with Gasteiger partial charge in [0.15, 0.2) is 6.10 Å². The Hall–Kier alpha value is -1.81. The summed E-state index contributed by atoms with van der Waals surface area (Å²) in [5.74, 6) is 1.05. The van der Waals surface area contributed by atoms with Gasteiger partial charge in [-0.15, -0.1) is 0 Å². The SMILES string of the molecule is CCC(Oc1ccccc1C(C)CC)C(=O)Nc1ccccc1Br. The molecule has 0 aliphatic heterocycles. The fourth-order valence-corrected chi connectivity index (χ4v) is 2.85. The summed E-state index contributed by atoms with van der Waals surface area (Å²) in [5, 5.41) is 2.93. The molecule has 24 heavy (non-hydrogen) atoms. The molecule has 0 saturated carbocycles. The highest BCUT2D eigenvalue weighted by Crippen LogP contribution is 2.30. The van der Waals surface area contributed by atoms with Crippen molar-refractivity contribution in [3.05, 3.63) is 58.6 Å². The minimum atomic E-state index is -0.526. The molecule has 0 bridgehead atoms. The monoisotopic (exact) mass is 389 g/mol. The normalized spacial score (nSPS) is 13.2. The van der Waals surface area contributed by atoms with E-state index in [1.54, 1.807) is 0 Å². The number of carbonyl (C=O) groups excluding carboxylic acids is 1. The summed E-state index contributed by atoms with van der Waals surface area (Å²) in [5.41, 5.74) is 1.90. The van der Waals surface area contributed by atoms with Crippen LogP contribution < -0.4 is 10.1 Å². The molecule has 2 atom stereocenters. The molecule has 4 heteroatoms. The summed E-state index contributed by atoms with van der Waals surface area (Å²) in [6.45, 7) is 6.28. The van der Waals surface area contributed by atoms with Gasteiger partial charge < -0.3 is 10.1 Å². The molecule has 2 aromatic rings. The van der Waals surface area contributed by atoms with Crippen molar-refractivity contribution in [2.45, 2.75) is 45.6 Å². The number of carbonyl (C=O) groups is 1. The molecule has 2 aromatic carbocycles. The first-order valence-corrected chi connectivity index (χ1v) is 9.17. The number of para-hydroxylation sites is 2. The third-order valence-corrected chi connectivity index (χ3v) is 4.82. The predicted octanol–water partition coefficient (Wildman–Crippen LogP) is 5.76. The van der Waals surface area contributed by atoms with Crippen molar-refractivity contribution in [2.24, 2.45) is 0 Å². The zero-order valence-electron chi connectivity index (χ0n) is 14.4. The smallest absolute Gasteiger partial charge is 0.265 e. The molecule has 1 amide bonds. The van der Waals surface area contributed by atoms with Crippen LogP contribution in [0, 0.1) is 0 Å². The van der Waals surface area contributed by atoms with Gasteiger partial charge in [0, 0.05) is 4.47 Å². The molecule has 128 valence electrons. The fraction of sp³-hybridized carbons (Fsp3) is 0.350. The summed E-state index contributed by atoms with van der Waals surface area (Å²) in [7, 11) is 0. The third-order valence-electron chi connectivity index (χ3n) is 4.13. The van der Waals surface area contributed by atoms with E-state index in [-0.39, 0.29) is 5.91 Å². The van der Waals surface area contributed by atoms with E-state index in [4.69, 9.17) is 4.74 Å². The Balaban J connectivity index is 2.15. The molecule has 0 aliphatic rings. The van der Waals surface area contributed by atoms with Gasteiger partial charge in [0.1, 0.15) is 5.75 Å². The van der Waals surface area contributed by atoms with Gasteiger partial charge >= 0.3 is 0 Å². The van der Waals surface area contributed by atoms with E-state index >= 15 is 0 Å². The van der Waals surface area contributed by atoms with Crippen molar-refractivity contribution >= 4 is 27.5 Å². The Labute approximate surface area is 152 Å². The second-order valence-corrected chi connectivity index (χ2v) is 6.69. The largest absolute Gasteiger partial charge is 0.480 e. The topological polar surface area (TPSA) is 38.3 Å². The van der Waals surface area contributed by atoms with Crippen molar-refractivity contribution in [3.63, 3.8) is 0 Å². The molecule has 2 unspecified atom stereocenters. The van der Waals surface area contributed by atoms with Crippen LogP contribution in [0.1, 0.15) is 45.1 Å². The first-order chi connectivity index (χ1) is 11.6. The minimum Gasteiger partial charge on any atom is -0.480 e. The van der Waals surface area contributed by atoms with Crippen LogP contribution in [0.4, 0.5) is 5.69 Å². The molecule has 0 radical (unpaired) electrons. The van der Waals surface area contributed by atoms with Crippen LogP contribution >= 0.6 is 15.9 Å². The number of amides is 1. The Morgan fingerprint density at radius 2 is 1.75 bits per heavy atom. The highest BCUT2D eigenvalue weighted by atomic mass is 79.9. The van der Waals surface area contributed by atoms with Crippen LogP contribution in [0.5, 0.6) is 5.75 Å². The van der Waals surface area contributed by atoms with Gasteiger partial charge in [-0.2, -0.15) is 0 Å². The average molecular weight is 390 g/mol. The number of benzene rings is 2. The van der Waals surface area contributed by atoms with Gasteiger partial charge in [0.2, 0.25) is 0 Å². The van der Waals surface area contributed by atoms with E-state index in [0.29, 0.717) is 12.3 Å². The Bertz CT molecular complexity index is 687. The molecule has 2 rings (SSSR count). The van der Waals surface area contributed by atoms with Crippen molar-refractivity contribution in [1.29, 1.82) is 0 Å². The summed E-state index contributed by atoms with van der Waals surface area (Å²) < 4.78 is 6.92. The van der Waals surface area contributed by atoms with Crippen molar-refractivity contribution in [1.82, 2.24) is 0 Å². The summed E-state index contributed by atoms with van der Waals surface area (Å²) in [6, 6.07) is 15.5. The van der Waals surface area contributed by atoms with Gasteiger partial charge in [0.25, 0.3) is 5.91 Å². The summed E-state index contributed by atoms with van der Waals surface area (Å²) in [6.07, 6.45) is 1.10. The quantitative estimate of drug-likeness (QED) is 0.653. The van der Waals surface area contributed by atoms with E-state index < -0.39 is 6.10 Å². The van der Waals surface area contributed by atoms with Crippen molar-refractivity contribution < 1.29 is 9.53 Å². The maximum atomic E-state index is 12.6. The van der Waals surface area contributed by atoms with Crippen LogP contribution in [0.15, 0.2) is 53.0 Å². The zero-order valence-corrected chi connectivity index (χ0v) is 16.0. The predicted molar refractivity (Wildman–Crippen MR) is 103 cm³/mol. The highest BCUT2D eigenvalue weighted by molar-refractivity contribution is 9.10. The summed E-state index contributed by atoms with van der Waals surface area (Å²) in [4.78, 5) is 12.6. The van der Waals surface area contributed by atoms with Crippen molar-refractivity contribution in [2.75, 3.05) is 5.32 Å². The number of hydrogen-bond donors (Lipinski definition) is 1. The van der Waals surface area contributed by atoms with Crippen LogP contribution in [-0.4, -0.2) is 12.0 Å². The molecule has 0 fully saturated rings. The maximum Gasteiger partial charge on any atom is 0.265 e. The van der Waals surface area contributed by atoms with E-state index in [0.717, 1.165) is 27.9 Å². The maximum absolute atomic E-state index is 12.6. The van der Waals surface area contributed by atoms with Gasteiger partial charge in [-0.3, -0.25) is 4.79 Å². The minimum absolute atomic E-state index is 0.136. The lowest BCUT2D eigenvalue weighted by Crippen LogP contribution is -2.32. The zero-order chi connectivity index (χ0) is 17.5. The molecule has 1 N–H and O–H groups in total. The first kappa shape index (κ1) is 18.5. The van der Waals surface area contributed by atoms with E-state index in [2.05, 4.69) is 41.2 Å². The van der Waals surface area contributed by atoms with Gasteiger partial charge in [-0.1, -0.05) is 51.1 Å². The average Bonchev–Trinajstić information content (AvgIpc) is 2.61. The number of nitrogens with one attached hydrogen (secondary N) is 1. The van der Waals surface area contributed by atoms with Crippen molar-refractivity contribution in [3.8, 4) is 5.75 Å². The van der Waals surface area contributed by atoms with Gasteiger partial charge in [-0.25, -0.2) is 0 Å². The molecule has 3 nitrogen and oxygen atoms in total. The second-order valence-electron chi connectivity index (χ2n) is 5.83. The van der Waals surface area contributed by atoms with Crippen LogP contribution in [0.3, 0.4) is 0 Å². The van der Waals surface area contributed by atoms with Crippen LogP contribution in [-0.2, 0) is 4.79 Å². The van der Waals surface area contributed by atoms with Crippen LogP contribution in [0.2, 0.25) is 0 Å². The highest BCUT2D eigenvalue weighted by Gasteiger charge is 2.21. The molecule has 0 spiro atoms. The van der Waals surface area contributed by atoms with E-state index in [9.17, 15) is 4.79 Å². The lowest BCUT2D eigenvalue weighted by molar-refractivity contribution is -0.122.